The van der Waals surface area contributed by atoms with Crippen LogP contribution in [0.25, 0.3) is 0 Å². The topological polar surface area (TPSA) is 102 Å². The second kappa shape index (κ2) is 2.79. The smallest absolute Gasteiger partial charge is 0.281 e. The lowest BCUT2D eigenvalue weighted by Gasteiger charge is -2.11. The molecule has 0 spiro atoms. The second-order valence-electron chi connectivity index (χ2n) is 2.51. The van der Waals surface area contributed by atoms with Gasteiger partial charge in [-0.05, 0) is 11.4 Å². The van der Waals surface area contributed by atoms with Crippen LogP contribution in [-0.2, 0) is 14.6 Å². The van der Waals surface area contributed by atoms with E-state index >= 15 is 0 Å². The number of amides is 1. The van der Waals surface area contributed by atoms with E-state index in [9.17, 15) is 13.2 Å². The number of carbonyl (C=O) groups excluding carboxylic acids is 1. The van der Waals surface area contributed by atoms with E-state index in [2.05, 4.69) is 10.5 Å². The lowest BCUT2D eigenvalue weighted by atomic mass is 10.6. The standard InChI is InChI=1S/C6H5N3O3S2/c7-4(10)6-9-8-5-3(1-2-13-5)14(6,11)12/h1-2,8H,(H2,7,10). The number of carbonyl (C=O) groups is 1. The molecule has 74 valence electrons. The molecule has 0 fully saturated rings. The zero-order valence-corrected chi connectivity index (χ0v) is 8.35. The van der Waals surface area contributed by atoms with E-state index in [1.807, 2.05) is 0 Å². The molecule has 0 bridgehead atoms. The molecule has 0 unspecified atom stereocenters. The number of anilines is 1. The zero-order valence-electron chi connectivity index (χ0n) is 6.72. The number of hydrazone groups is 1. The van der Waals surface area contributed by atoms with Crippen LogP contribution in [0.5, 0.6) is 0 Å². The van der Waals surface area contributed by atoms with Crippen molar-refractivity contribution in [1.82, 2.24) is 0 Å². The fourth-order valence-corrected chi connectivity index (χ4v) is 3.40. The normalized spacial score (nSPS) is 17.9. The number of nitrogens with two attached hydrogens (primary N) is 1. The largest absolute Gasteiger partial charge is 0.364 e. The van der Waals surface area contributed by atoms with Crippen molar-refractivity contribution < 1.29 is 13.2 Å². The highest BCUT2D eigenvalue weighted by Crippen LogP contribution is 2.31. The number of primary amides is 1. The van der Waals surface area contributed by atoms with E-state index in [1.54, 1.807) is 5.38 Å². The fourth-order valence-electron chi connectivity index (χ4n) is 1.04. The van der Waals surface area contributed by atoms with Crippen molar-refractivity contribution in [1.29, 1.82) is 0 Å². The minimum atomic E-state index is -3.82. The van der Waals surface area contributed by atoms with Gasteiger partial charge in [0.25, 0.3) is 5.91 Å². The Kier molecular flexibility index (Phi) is 1.82. The first-order valence-corrected chi connectivity index (χ1v) is 5.86. The van der Waals surface area contributed by atoms with Gasteiger partial charge in [0.1, 0.15) is 9.90 Å². The summed E-state index contributed by atoms with van der Waals surface area (Å²) in [5, 5.41) is 4.75. The van der Waals surface area contributed by atoms with Gasteiger partial charge in [-0.2, -0.15) is 5.10 Å². The predicted molar refractivity (Wildman–Crippen MR) is 51.8 cm³/mol. The average molecular weight is 231 g/mol. The van der Waals surface area contributed by atoms with Crippen LogP contribution in [0, 0.1) is 0 Å². The maximum absolute atomic E-state index is 11.6. The van der Waals surface area contributed by atoms with Crippen LogP contribution in [0.4, 0.5) is 5.00 Å². The molecule has 8 heteroatoms. The molecule has 1 aliphatic heterocycles. The van der Waals surface area contributed by atoms with Gasteiger partial charge in [-0.3, -0.25) is 10.2 Å². The van der Waals surface area contributed by atoms with Crippen LogP contribution in [0.3, 0.4) is 0 Å². The van der Waals surface area contributed by atoms with Crippen molar-refractivity contribution in [3.63, 3.8) is 0 Å². The Hall–Kier alpha value is -1.41. The van der Waals surface area contributed by atoms with Crippen molar-refractivity contribution in [2.24, 2.45) is 10.8 Å². The summed E-state index contributed by atoms with van der Waals surface area (Å²) >= 11 is 1.19. The molecule has 0 radical (unpaired) electrons. The zero-order chi connectivity index (χ0) is 10.3. The maximum atomic E-state index is 11.6. The number of nitrogens with zero attached hydrogens (tertiary/aromatic N) is 1. The van der Waals surface area contributed by atoms with Gasteiger partial charge in [-0.1, -0.05) is 0 Å². The number of hydrogen-bond acceptors (Lipinski definition) is 6. The van der Waals surface area contributed by atoms with E-state index in [0.717, 1.165) is 0 Å². The van der Waals surface area contributed by atoms with Gasteiger partial charge in [-0.25, -0.2) is 8.42 Å². The maximum Gasteiger partial charge on any atom is 0.281 e. The molecule has 0 saturated carbocycles. The second-order valence-corrected chi connectivity index (χ2v) is 5.26. The Bertz CT molecular complexity index is 528. The monoisotopic (exact) mass is 231 g/mol. The van der Waals surface area contributed by atoms with Crippen molar-refractivity contribution >= 4 is 37.1 Å². The van der Waals surface area contributed by atoms with Crippen molar-refractivity contribution in [2.75, 3.05) is 5.43 Å². The van der Waals surface area contributed by atoms with Crippen LogP contribution in [0.2, 0.25) is 0 Å². The summed E-state index contributed by atoms with van der Waals surface area (Å²) in [6.07, 6.45) is 0. The molecule has 2 heterocycles. The SMILES string of the molecule is NC(=O)C1=NNc2sccc2S1(=O)=O. The first kappa shape index (κ1) is 9.16. The van der Waals surface area contributed by atoms with Crippen LogP contribution >= 0.6 is 11.3 Å². The van der Waals surface area contributed by atoms with Gasteiger partial charge in [0.05, 0.1) is 0 Å². The van der Waals surface area contributed by atoms with E-state index in [0.29, 0.717) is 5.00 Å². The Morgan fingerprint density at radius 2 is 2.29 bits per heavy atom. The van der Waals surface area contributed by atoms with E-state index in [4.69, 9.17) is 5.73 Å². The molecule has 3 N–H and O–H groups in total. The number of hydrogen-bond donors (Lipinski definition) is 2. The number of sulfone groups is 1. The van der Waals surface area contributed by atoms with Crippen molar-refractivity contribution in [3.05, 3.63) is 11.4 Å². The molecule has 14 heavy (non-hydrogen) atoms. The van der Waals surface area contributed by atoms with Crippen LogP contribution in [0.15, 0.2) is 21.4 Å². The summed E-state index contributed by atoms with van der Waals surface area (Å²) in [4.78, 5) is 10.8. The molecule has 0 saturated heterocycles. The molecule has 1 aliphatic rings. The van der Waals surface area contributed by atoms with Gasteiger partial charge < -0.3 is 5.73 Å². The highest BCUT2D eigenvalue weighted by molar-refractivity contribution is 8.08. The number of nitrogens with one attached hydrogen (secondary N) is 1. The lowest BCUT2D eigenvalue weighted by molar-refractivity contribution is -0.111. The van der Waals surface area contributed by atoms with Gasteiger partial charge >= 0.3 is 0 Å². The summed E-state index contributed by atoms with van der Waals surface area (Å²) in [6.45, 7) is 0. The quantitative estimate of drug-likeness (QED) is 0.695. The van der Waals surface area contributed by atoms with Gasteiger partial charge in [0.2, 0.25) is 14.9 Å². The van der Waals surface area contributed by atoms with Gasteiger partial charge in [0.15, 0.2) is 0 Å². The van der Waals surface area contributed by atoms with Crippen LogP contribution in [-0.4, -0.2) is 19.4 Å². The Morgan fingerprint density at radius 1 is 1.57 bits per heavy atom. The van der Waals surface area contributed by atoms with Gasteiger partial charge in [-0.15, -0.1) is 11.3 Å². The number of rotatable bonds is 1. The molecular weight excluding hydrogens is 226 g/mol. The minimum Gasteiger partial charge on any atom is -0.364 e. The molecule has 1 aromatic heterocycles. The fraction of sp³-hybridized carbons (Fsp3) is 0. The summed E-state index contributed by atoms with van der Waals surface area (Å²) in [5.41, 5.74) is 7.34. The summed E-state index contributed by atoms with van der Waals surface area (Å²) in [6, 6.07) is 1.40. The summed E-state index contributed by atoms with van der Waals surface area (Å²) in [5.74, 6) is -1.06. The third-order valence-electron chi connectivity index (χ3n) is 1.64. The Morgan fingerprint density at radius 3 is 2.93 bits per heavy atom. The molecule has 1 aromatic rings. The number of thiophene rings is 1. The predicted octanol–water partition coefficient (Wildman–Crippen LogP) is -0.254. The van der Waals surface area contributed by atoms with E-state index < -0.39 is 20.8 Å². The first-order chi connectivity index (χ1) is 6.53. The molecule has 0 aromatic carbocycles. The van der Waals surface area contributed by atoms with Crippen molar-refractivity contribution in [2.45, 2.75) is 4.90 Å². The summed E-state index contributed by atoms with van der Waals surface area (Å²) < 4.78 is 23.3. The van der Waals surface area contributed by atoms with E-state index in [1.165, 1.54) is 17.4 Å². The minimum absolute atomic E-state index is 0.0475. The molecule has 1 amide bonds. The molecule has 0 atom stereocenters. The third kappa shape index (κ3) is 1.11. The Balaban J connectivity index is 2.67. The Labute approximate surface area is 83.3 Å². The average Bonchev–Trinajstić information content (AvgIpc) is 2.51. The van der Waals surface area contributed by atoms with Crippen molar-refractivity contribution in [3.8, 4) is 0 Å². The molecular formula is C6H5N3O3S2. The molecule has 2 rings (SSSR count). The lowest BCUT2D eigenvalue weighted by Crippen LogP contribution is -2.33. The van der Waals surface area contributed by atoms with Gasteiger partial charge in [0, 0.05) is 0 Å². The highest BCUT2D eigenvalue weighted by atomic mass is 32.2. The number of fused-ring (bicyclic) bond motifs is 1. The highest BCUT2D eigenvalue weighted by Gasteiger charge is 2.33. The first-order valence-electron chi connectivity index (χ1n) is 3.49. The van der Waals surface area contributed by atoms with Crippen LogP contribution in [0.1, 0.15) is 0 Å². The summed E-state index contributed by atoms with van der Waals surface area (Å²) in [7, 11) is -3.82. The van der Waals surface area contributed by atoms with Crippen LogP contribution < -0.4 is 11.2 Å². The molecule has 6 nitrogen and oxygen atoms in total. The third-order valence-corrected chi connectivity index (χ3v) is 4.31. The van der Waals surface area contributed by atoms with E-state index in [-0.39, 0.29) is 4.90 Å². The molecule has 0 aliphatic carbocycles.